The number of nitrogens with zero attached hydrogens (tertiary/aromatic N) is 1. The van der Waals surface area contributed by atoms with E-state index in [-0.39, 0.29) is 5.69 Å². The van der Waals surface area contributed by atoms with Crippen LogP contribution < -0.4 is 10.6 Å². The third-order valence-corrected chi connectivity index (χ3v) is 3.27. The van der Waals surface area contributed by atoms with Crippen molar-refractivity contribution in [3.63, 3.8) is 0 Å². The minimum atomic E-state index is -0.490. The van der Waals surface area contributed by atoms with Crippen molar-refractivity contribution >= 4 is 52.1 Å². The highest BCUT2D eigenvalue weighted by atomic mass is 35.5. The predicted octanol–water partition coefficient (Wildman–Crippen LogP) is 5.36. The summed E-state index contributed by atoms with van der Waals surface area (Å²) in [5.41, 5.74) is 0.230. The monoisotopic (exact) mass is 333 g/mol. The van der Waals surface area contributed by atoms with Crippen molar-refractivity contribution in [2.45, 2.75) is 6.92 Å². The Balaban J connectivity index is 2.35. The van der Waals surface area contributed by atoms with Crippen LogP contribution in [0.1, 0.15) is 6.92 Å². The van der Waals surface area contributed by atoms with Gasteiger partial charge in [0.05, 0.1) is 15.7 Å². The second-order valence-corrected chi connectivity index (χ2v) is 5.18. The fraction of sp³-hybridized carbons (Fsp3) is 0.154. The summed E-state index contributed by atoms with van der Waals surface area (Å²) < 4.78 is 13.7. The molecule has 0 saturated carbocycles. The van der Waals surface area contributed by atoms with Crippen molar-refractivity contribution in [1.82, 2.24) is 4.98 Å². The maximum atomic E-state index is 13.7. The summed E-state index contributed by atoms with van der Waals surface area (Å²) in [6.45, 7) is 2.57. The lowest BCUT2D eigenvalue weighted by molar-refractivity contribution is 0.632. The van der Waals surface area contributed by atoms with E-state index in [4.69, 9.17) is 34.8 Å². The van der Waals surface area contributed by atoms with Gasteiger partial charge in [-0.15, -0.1) is 0 Å². The molecule has 0 fully saturated rings. The molecule has 106 valence electrons. The van der Waals surface area contributed by atoms with Gasteiger partial charge in [0, 0.05) is 11.6 Å². The van der Waals surface area contributed by atoms with Crippen molar-refractivity contribution in [3.8, 4) is 0 Å². The Bertz CT molecular complexity index is 634. The third kappa shape index (κ3) is 3.45. The number of nitrogens with one attached hydrogen (secondary N) is 2. The van der Waals surface area contributed by atoms with Crippen molar-refractivity contribution < 1.29 is 4.39 Å². The van der Waals surface area contributed by atoms with E-state index in [0.29, 0.717) is 33.2 Å². The largest absolute Gasteiger partial charge is 0.369 e. The van der Waals surface area contributed by atoms with Gasteiger partial charge < -0.3 is 10.6 Å². The van der Waals surface area contributed by atoms with Gasteiger partial charge in [0.25, 0.3) is 0 Å². The smallest absolute Gasteiger partial charge is 0.151 e. The first-order valence-corrected chi connectivity index (χ1v) is 6.96. The summed E-state index contributed by atoms with van der Waals surface area (Å²) in [5.74, 6) is 0.305. The van der Waals surface area contributed by atoms with Crippen molar-refractivity contribution in [1.29, 1.82) is 0 Å². The molecule has 0 amide bonds. The lowest BCUT2D eigenvalue weighted by atomic mass is 10.3. The van der Waals surface area contributed by atoms with Gasteiger partial charge in [-0.1, -0.05) is 34.8 Å². The molecule has 3 nitrogen and oxygen atoms in total. The molecule has 2 rings (SSSR count). The first kappa shape index (κ1) is 15.2. The lowest BCUT2D eigenvalue weighted by Crippen LogP contribution is -2.03. The molecule has 0 bridgehead atoms. The first-order valence-electron chi connectivity index (χ1n) is 5.83. The molecule has 0 aliphatic carbocycles. The Morgan fingerprint density at radius 3 is 2.45 bits per heavy atom. The van der Waals surface area contributed by atoms with E-state index in [1.165, 1.54) is 12.1 Å². The zero-order valence-corrected chi connectivity index (χ0v) is 12.7. The van der Waals surface area contributed by atoms with Gasteiger partial charge in [-0.3, -0.25) is 0 Å². The minimum Gasteiger partial charge on any atom is -0.369 e. The number of benzene rings is 1. The molecule has 1 heterocycles. The Morgan fingerprint density at radius 1 is 1.10 bits per heavy atom. The molecule has 2 N–H and O–H groups in total. The number of anilines is 3. The van der Waals surface area contributed by atoms with E-state index in [9.17, 15) is 4.39 Å². The van der Waals surface area contributed by atoms with Crippen LogP contribution in [0.5, 0.6) is 0 Å². The van der Waals surface area contributed by atoms with Crippen LogP contribution in [0.4, 0.5) is 21.7 Å². The Labute approximate surface area is 131 Å². The summed E-state index contributed by atoms with van der Waals surface area (Å²) >= 11 is 17.8. The van der Waals surface area contributed by atoms with Gasteiger partial charge >= 0.3 is 0 Å². The van der Waals surface area contributed by atoms with Crippen LogP contribution in [0.2, 0.25) is 15.1 Å². The van der Waals surface area contributed by atoms with Crippen LogP contribution >= 0.6 is 34.8 Å². The van der Waals surface area contributed by atoms with Gasteiger partial charge in [-0.2, -0.15) is 0 Å². The summed E-state index contributed by atoms with van der Waals surface area (Å²) in [5, 5.41) is 6.83. The van der Waals surface area contributed by atoms with Gasteiger partial charge in [0.1, 0.15) is 11.6 Å². The van der Waals surface area contributed by atoms with E-state index in [1.807, 2.05) is 6.92 Å². The fourth-order valence-corrected chi connectivity index (χ4v) is 2.20. The molecule has 20 heavy (non-hydrogen) atoms. The number of pyridine rings is 1. The van der Waals surface area contributed by atoms with Crippen molar-refractivity contribution in [3.05, 3.63) is 45.2 Å². The third-order valence-electron chi connectivity index (χ3n) is 2.46. The molecule has 1 aromatic heterocycles. The molecule has 0 saturated heterocycles. The molecular weight excluding hydrogens is 324 g/mol. The van der Waals surface area contributed by atoms with Gasteiger partial charge in [0.2, 0.25) is 0 Å². The summed E-state index contributed by atoms with van der Waals surface area (Å²) in [7, 11) is 0. The van der Waals surface area contributed by atoms with Crippen LogP contribution in [0.3, 0.4) is 0 Å². The molecule has 1 aromatic carbocycles. The van der Waals surface area contributed by atoms with Crippen LogP contribution in [0.25, 0.3) is 0 Å². The van der Waals surface area contributed by atoms with Gasteiger partial charge in [0.15, 0.2) is 5.82 Å². The maximum absolute atomic E-state index is 13.7. The van der Waals surface area contributed by atoms with E-state index in [0.717, 1.165) is 0 Å². The Hall–Kier alpha value is -1.23. The summed E-state index contributed by atoms with van der Waals surface area (Å²) in [4.78, 5) is 4.23. The quantitative estimate of drug-likeness (QED) is 0.790. The normalized spacial score (nSPS) is 10.4. The molecule has 0 unspecified atom stereocenters. The average Bonchev–Trinajstić information content (AvgIpc) is 2.38. The number of aromatic nitrogens is 1. The van der Waals surface area contributed by atoms with E-state index < -0.39 is 5.82 Å². The molecule has 0 aliphatic rings. The Kier molecular flexibility index (Phi) is 4.91. The molecule has 7 heteroatoms. The van der Waals surface area contributed by atoms with Crippen molar-refractivity contribution in [2.24, 2.45) is 0 Å². The summed E-state index contributed by atoms with van der Waals surface area (Å²) in [6, 6.07) is 5.84. The number of hydrogen-bond acceptors (Lipinski definition) is 3. The summed E-state index contributed by atoms with van der Waals surface area (Å²) in [6.07, 6.45) is 0. The molecule has 2 aromatic rings. The fourth-order valence-electron chi connectivity index (χ4n) is 1.56. The van der Waals surface area contributed by atoms with Crippen LogP contribution in [-0.2, 0) is 0 Å². The highest BCUT2D eigenvalue weighted by Crippen LogP contribution is 2.32. The van der Waals surface area contributed by atoms with E-state index in [2.05, 4.69) is 15.6 Å². The van der Waals surface area contributed by atoms with Crippen LogP contribution in [0.15, 0.2) is 24.3 Å². The zero-order valence-electron chi connectivity index (χ0n) is 10.5. The topological polar surface area (TPSA) is 37.0 Å². The molecule has 0 spiro atoms. The highest BCUT2D eigenvalue weighted by Gasteiger charge is 2.11. The molecule has 0 aliphatic heterocycles. The second kappa shape index (κ2) is 6.48. The zero-order chi connectivity index (χ0) is 14.7. The molecule has 0 radical (unpaired) electrons. The highest BCUT2D eigenvalue weighted by molar-refractivity contribution is 6.37. The average molecular weight is 335 g/mol. The lowest BCUT2D eigenvalue weighted by Gasteiger charge is -2.12. The Morgan fingerprint density at radius 2 is 1.80 bits per heavy atom. The second-order valence-electron chi connectivity index (χ2n) is 3.93. The van der Waals surface area contributed by atoms with Gasteiger partial charge in [-0.05, 0) is 31.2 Å². The maximum Gasteiger partial charge on any atom is 0.151 e. The number of halogens is 4. The number of rotatable bonds is 4. The van der Waals surface area contributed by atoms with Crippen molar-refractivity contribution in [2.75, 3.05) is 17.2 Å². The predicted molar refractivity (Wildman–Crippen MR) is 83.1 cm³/mol. The van der Waals surface area contributed by atoms with E-state index in [1.54, 1.807) is 12.1 Å². The van der Waals surface area contributed by atoms with Crippen LogP contribution in [-0.4, -0.2) is 11.5 Å². The first-order chi connectivity index (χ1) is 9.51. The SMILES string of the molecule is CCNc1nc(Nc2ccc(Cl)cc2F)c(Cl)cc1Cl. The van der Waals surface area contributed by atoms with Crippen LogP contribution in [0, 0.1) is 5.82 Å². The van der Waals surface area contributed by atoms with E-state index >= 15 is 0 Å². The number of hydrogen-bond donors (Lipinski definition) is 2. The standard InChI is InChI=1S/C13H11Cl3FN3/c1-2-18-12-8(15)6-9(16)13(20-12)19-11-4-3-7(14)5-10(11)17/h3-6H,2H2,1H3,(H2,18,19,20). The molecular formula is C13H11Cl3FN3. The molecule has 0 atom stereocenters. The minimum absolute atomic E-state index is 0.230. The van der Waals surface area contributed by atoms with Gasteiger partial charge in [-0.25, -0.2) is 9.37 Å².